The molecule has 4 nitrogen and oxygen atoms in total. The molecule has 1 aromatic heterocycles. The molecule has 1 saturated heterocycles. The maximum atomic E-state index is 12.7. The van der Waals surface area contributed by atoms with Crippen LogP contribution in [0.5, 0.6) is 0 Å². The van der Waals surface area contributed by atoms with Crippen molar-refractivity contribution >= 4 is 44.6 Å². The molecule has 2 N–H and O–H groups in total. The van der Waals surface area contributed by atoms with E-state index >= 15 is 0 Å². The summed E-state index contributed by atoms with van der Waals surface area (Å²) in [5, 5.41) is 1.56. The molecule has 1 fully saturated rings. The third-order valence-corrected chi connectivity index (χ3v) is 5.34. The van der Waals surface area contributed by atoms with E-state index in [-0.39, 0.29) is 12.0 Å². The Kier molecular flexibility index (Phi) is 4.06. The highest BCUT2D eigenvalue weighted by Gasteiger charge is 2.26. The van der Waals surface area contributed by atoms with Crippen molar-refractivity contribution in [3.8, 4) is 0 Å². The molecule has 0 atom stereocenters. The number of nitrogens with two attached hydrogens (primary N) is 1. The number of fused-ring (bicyclic) bond motifs is 1. The van der Waals surface area contributed by atoms with Gasteiger partial charge in [-0.3, -0.25) is 4.79 Å². The Morgan fingerprint density at radius 2 is 2.14 bits per heavy atom. The summed E-state index contributed by atoms with van der Waals surface area (Å²) in [5.74, 6) is 0.0133. The Hall–Kier alpha value is -1.30. The SMILES string of the molecule is COC1CCN(C(=O)c2sc3cc(Cl)ccc3c2N)CC1. The third kappa shape index (κ3) is 2.73. The molecule has 21 heavy (non-hydrogen) atoms. The number of carbonyl (C=O) groups is 1. The maximum absolute atomic E-state index is 12.7. The molecular formula is C15H17ClN2O2S. The molecule has 0 bridgehead atoms. The molecule has 1 amide bonds. The number of methoxy groups -OCH3 is 1. The topological polar surface area (TPSA) is 55.6 Å². The standard InChI is InChI=1S/C15H17ClN2O2S/c1-20-10-4-6-18(7-5-10)15(19)14-13(17)11-3-2-9(16)8-12(11)21-14/h2-3,8,10H,4-7,17H2,1H3. The van der Waals surface area contributed by atoms with E-state index in [4.69, 9.17) is 22.1 Å². The lowest BCUT2D eigenvalue weighted by Crippen LogP contribution is -2.40. The van der Waals surface area contributed by atoms with Gasteiger partial charge in [0.2, 0.25) is 0 Å². The summed E-state index contributed by atoms with van der Waals surface area (Å²) in [5.41, 5.74) is 6.71. The first kappa shape index (κ1) is 14.6. The predicted molar refractivity (Wildman–Crippen MR) is 87.2 cm³/mol. The quantitative estimate of drug-likeness (QED) is 0.921. The van der Waals surface area contributed by atoms with Gasteiger partial charge in [-0.05, 0) is 31.0 Å². The fraction of sp³-hybridized carbons (Fsp3) is 0.400. The molecule has 0 radical (unpaired) electrons. The smallest absolute Gasteiger partial charge is 0.266 e. The Morgan fingerprint density at radius 3 is 2.81 bits per heavy atom. The number of piperidine rings is 1. The second-order valence-corrected chi connectivity index (χ2v) is 6.70. The highest BCUT2D eigenvalue weighted by atomic mass is 35.5. The monoisotopic (exact) mass is 324 g/mol. The zero-order valence-corrected chi connectivity index (χ0v) is 13.3. The number of amides is 1. The fourth-order valence-electron chi connectivity index (χ4n) is 2.69. The number of hydrogen-bond donors (Lipinski definition) is 1. The number of hydrogen-bond acceptors (Lipinski definition) is 4. The van der Waals surface area contributed by atoms with Gasteiger partial charge in [0.05, 0.1) is 11.8 Å². The average Bonchev–Trinajstić information content (AvgIpc) is 2.83. The zero-order chi connectivity index (χ0) is 15.0. The summed E-state index contributed by atoms with van der Waals surface area (Å²) in [6.07, 6.45) is 2.00. The molecule has 0 unspecified atom stereocenters. The number of anilines is 1. The summed E-state index contributed by atoms with van der Waals surface area (Å²) in [6.45, 7) is 1.43. The van der Waals surface area contributed by atoms with Crippen molar-refractivity contribution in [2.75, 3.05) is 25.9 Å². The number of nitrogens with zero attached hydrogens (tertiary/aromatic N) is 1. The second-order valence-electron chi connectivity index (χ2n) is 5.21. The van der Waals surface area contributed by atoms with Crippen LogP contribution in [0, 0.1) is 0 Å². The minimum atomic E-state index is 0.0133. The summed E-state index contributed by atoms with van der Waals surface area (Å²) in [7, 11) is 1.72. The van der Waals surface area contributed by atoms with Crippen molar-refractivity contribution in [2.24, 2.45) is 0 Å². The lowest BCUT2D eigenvalue weighted by Gasteiger charge is -2.31. The van der Waals surface area contributed by atoms with E-state index in [1.54, 1.807) is 13.2 Å². The zero-order valence-electron chi connectivity index (χ0n) is 11.8. The van der Waals surface area contributed by atoms with Crippen molar-refractivity contribution in [1.29, 1.82) is 0 Å². The Morgan fingerprint density at radius 1 is 1.43 bits per heavy atom. The number of nitrogen functional groups attached to an aromatic ring is 1. The molecule has 112 valence electrons. The number of likely N-dealkylation sites (tertiary alicyclic amines) is 1. The van der Waals surface area contributed by atoms with Gasteiger partial charge in [0, 0.05) is 35.3 Å². The molecule has 2 aromatic rings. The van der Waals surface area contributed by atoms with Crippen LogP contribution >= 0.6 is 22.9 Å². The van der Waals surface area contributed by atoms with E-state index in [9.17, 15) is 4.79 Å². The molecule has 1 aliphatic heterocycles. The van der Waals surface area contributed by atoms with Crippen molar-refractivity contribution in [2.45, 2.75) is 18.9 Å². The van der Waals surface area contributed by atoms with Crippen LogP contribution < -0.4 is 5.73 Å². The lowest BCUT2D eigenvalue weighted by atomic mass is 10.1. The summed E-state index contributed by atoms with van der Waals surface area (Å²) >= 11 is 7.41. The van der Waals surface area contributed by atoms with Crippen LogP contribution in [0.25, 0.3) is 10.1 Å². The van der Waals surface area contributed by atoms with Gasteiger partial charge in [-0.2, -0.15) is 0 Å². The van der Waals surface area contributed by atoms with E-state index in [2.05, 4.69) is 0 Å². The Balaban J connectivity index is 1.86. The van der Waals surface area contributed by atoms with Gasteiger partial charge < -0.3 is 15.4 Å². The van der Waals surface area contributed by atoms with E-state index in [1.165, 1.54) is 11.3 Å². The van der Waals surface area contributed by atoms with Gasteiger partial charge >= 0.3 is 0 Å². The number of halogens is 1. The van der Waals surface area contributed by atoms with Crippen LogP contribution in [-0.2, 0) is 4.74 Å². The largest absolute Gasteiger partial charge is 0.397 e. The van der Waals surface area contributed by atoms with Crippen LogP contribution in [0.1, 0.15) is 22.5 Å². The van der Waals surface area contributed by atoms with Gasteiger partial charge in [-0.1, -0.05) is 11.6 Å². The van der Waals surface area contributed by atoms with Crippen molar-refractivity contribution in [3.05, 3.63) is 28.1 Å². The van der Waals surface area contributed by atoms with Crippen molar-refractivity contribution in [3.63, 3.8) is 0 Å². The summed E-state index contributed by atoms with van der Waals surface area (Å²) in [4.78, 5) is 15.1. The first-order valence-corrected chi connectivity index (χ1v) is 8.09. The van der Waals surface area contributed by atoms with Crippen molar-refractivity contribution < 1.29 is 9.53 Å². The van der Waals surface area contributed by atoms with Gasteiger partial charge in [0.15, 0.2) is 0 Å². The van der Waals surface area contributed by atoms with E-state index in [0.717, 1.165) is 22.9 Å². The summed E-state index contributed by atoms with van der Waals surface area (Å²) in [6, 6.07) is 5.52. The van der Waals surface area contributed by atoms with Gasteiger partial charge in [0.1, 0.15) is 4.88 Å². The first-order chi connectivity index (χ1) is 10.1. The number of thiophene rings is 1. The normalized spacial score (nSPS) is 16.6. The minimum absolute atomic E-state index is 0.0133. The third-order valence-electron chi connectivity index (χ3n) is 3.95. The van der Waals surface area contributed by atoms with Crippen LogP contribution in [-0.4, -0.2) is 37.1 Å². The van der Waals surface area contributed by atoms with Crippen LogP contribution in [0.15, 0.2) is 18.2 Å². The summed E-state index contributed by atoms with van der Waals surface area (Å²) < 4.78 is 6.29. The predicted octanol–water partition coefficient (Wildman–Crippen LogP) is 3.39. The number of carbonyl (C=O) groups excluding carboxylic acids is 1. The number of benzene rings is 1. The first-order valence-electron chi connectivity index (χ1n) is 6.89. The maximum Gasteiger partial charge on any atom is 0.266 e. The van der Waals surface area contributed by atoms with E-state index in [0.29, 0.717) is 28.7 Å². The molecule has 2 heterocycles. The van der Waals surface area contributed by atoms with Gasteiger partial charge in [0.25, 0.3) is 5.91 Å². The Bertz CT molecular complexity index is 678. The van der Waals surface area contributed by atoms with Gasteiger partial charge in [-0.25, -0.2) is 0 Å². The van der Waals surface area contributed by atoms with Crippen LogP contribution in [0.3, 0.4) is 0 Å². The number of ether oxygens (including phenoxy) is 1. The highest BCUT2D eigenvalue weighted by molar-refractivity contribution is 7.21. The van der Waals surface area contributed by atoms with Crippen LogP contribution in [0.4, 0.5) is 5.69 Å². The highest BCUT2D eigenvalue weighted by Crippen LogP contribution is 2.36. The average molecular weight is 325 g/mol. The molecule has 6 heteroatoms. The second kappa shape index (κ2) is 5.83. The number of rotatable bonds is 2. The van der Waals surface area contributed by atoms with Crippen molar-refractivity contribution in [1.82, 2.24) is 4.90 Å². The molecule has 0 aliphatic carbocycles. The molecular weight excluding hydrogens is 308 g/mol. The van der Waals surface area contributed by atoms with Crippen LogP contribution in [0.2, 0.25) is 5.02 Å². The fourth-order valence-corrected chi connectivity index (χ4v) is 4.05. The van der Waals surface area contributed by atoms with Gasteiger partial charge in [-0.15, -0.1) is 11.3 Å². The molecule has 3 rings (SSSR count). The Labute approximate surface area is 132 Å². The molecule has 1 aromatic carbocycles. The van der Waals surface area contributed by atoms with E-state index < -0.39 is 0 Å². The van der Waals surface area contributed by atoms with E-state index in [1.807, 2.05) is 17.0 Å². The molecule has 1 aliphatic rings. The minimum Gasteiger partial charge on any atom is -0.397 e. The molecule has 0 spiro atoms. The lowest BCUT2D eigenvalue weighted by molar-refractivity contribution is 0.0354. The molecule has 0 saturated carbocycles.